The summed E-state index contributed by atoms with van der Waals surface area (Å²) in [5.74, 6) is -0.555. The molecule has 0 aliphatic carbocycles. The van der Waals surface area contributed by atoms with Crippen molar-refractivity contribution in [2.75, 3.05) is 0 Å². The predicted molar refractivity (Wildman–Crippen MR) is 73.0 cm³/mol. The first kappa shape index (κ1) is 13.8. The molecule has 1 aromatic carbocycles. The van der Waals surface area contributed by atoms with Crippen molar-refractivity contribution in [2.24, 2.45) is 5.73 Å². The van der Waals surface area contributed by atoms with Crippen LogP contribution in [0, 0.1) is 0 Å². The molecular formula is C12H12Cl2N4O. The minimum absolute atomic E-state index is 0.163. The molecule has 0 saturated heterocycles. The van der Waals surface area contributed by atoms with E-state index in [4.69, 9.17) is 28.9 Å². The van der Waals surface area contributed by atoms with Crippen molar-refractivity contribution in [3.63, 3.8) is 0 Å². The molecule has 0 aliphatic rings. The number of hydrogen-bond donors (Lipinski definition) is 1. The van der Waals surface area contributed by atoms with Gasteiger partial charge in [0.2, 0.25) is 5.91 Å². The molecule has 0 bridgehead atoms. The molecule has 0 radical (unpaired) electrons. The number of hydrogen-bond acceptors (Lipinski definition) is 3. The molecule has 0 saturated carbocycles. The van der Waals surface area contributed by atoms with Crippen molar-refractivity contribution in [1.29, 1.82) is 0 Å². The van der Waals surface area contributed by atoms with Crippen LogP contribution in [0.4, 0.5) is 0 Å². The van der Waals surface area contributed by atoms with E-state index < -0.39 is 5.91 Å². The van der Waals surface area contributed by atoms with Gasteiger partial charge in [-0.2, -0.15) is 5.10 Å². The van der Waals surface area contributed by atoms with Gasteiger partial charge >= 0.3 is 0 Å². The number of nitrogens with zero attached hydrogens (tertiary/aromatic N) is 3. The molecular weight excluding hydrogens is 287 g/mol. The summed E-state index contributed by atoms with van der Waals surface area (Å²) in [5, 5.41) is 5.08. The Bertz CT molecular complexity index is 571. The van der Waals surface area contributed by atoms with Crippen LogP contribution in [-0.4, -0.2) is 20.7 Å². The molecule has 0 aliphatic heterocycles. The van der Waals surface area contributed by atoms with Gasteiger partial charge in [0.05, 0.1) is 6.54 Å². The van der Waals surface area contributed by atoms with Crippen molar-refractivity contribution >= 4 is 29.1 Å². The van der Waals surface area contributed by atoms with Gasteiger partial charge in [0.15, 0.2) is 0 Å². The molecule has 1 atom stereocenters. The zero-order valence-corrected chi connectivity index (χ0v) is 11.5. The highest BCUT2D eigenvalue weighted by molar-refractivity contribution is 6.35. The number of benzene rings is 1. The number of amides is 1. The Kier molecular flexibility index (Phi) is 4.39. The van der Waals surface area contributed by atoms with Gasteiger partial charge in [-0.05, 0) is 17.7 Å². The summed E-state index contributed by atoms with van der Waals surface area (Å²) in [4.78, 5) is 15.1. The summed E-state index contributed by atoms with van der Waals surface area (Å²) in [5.41, 5.74) is 6.11. The molecule has 0 fully saturated rings. The van der Waals surface area contributed by atoms with Crippen molar-refractivity contribution in [3.8, 4) is 0 Å². The SMILES string of the molecule is NC(=O)CC(Cn1cncn1)c1ccc(Cl)cc1Cl. The lowest BCUT2D eigenvalue weighted by Gasteiger charge is -2.17. The van der Waals surface area contributed by atoms with Gasteiger partial charge in [-0.1, -0.05) is 29.3 Å². The number of primary amides is 1. The predicted octanol–water partition coefficient (Wildman–Crippen LogP) is 2.24. The van der Waals surface area contributed by atoms with E-state index in [0.717, 1.165) is 5.56 Å². The molecule has 2 rings (SSSR count). The monoisotopic (exact) mass is 298 g/mol. The van der Waals surface area contributed by atoms with Crippen LogP contribution in [0.2, 0.25) is 10.0 Å². The highest BCUT2D eigenvalue weighted by Crippen LogP contribution is 2.30. The zero-order valence-electron chi connectivity index (χ0n) is 9.96. The number of rotatable bonds is 5. The molecule has 1 aromatic heterocycles. The fourth-order valence-electron chi connectivity index (χ4n) is 1.90. The summed E-state index contributed by atoms with van der Waals surface area (Å²) < 4.78 is 1.64. The molecule has 0 spiro atoms. The second-order valence-electron chi connectivity index (χ2n) is 4.15. The van der Waals surface area contributed by atoms with E-state index in [-0.39, 0.29) is 12.3 Å². The minimum atomic E-state index is -0.392. The average Bonchev–Trinajstić information content (AvgIpc) is 2.80. The third-order valence-corrected chi connectivity index (χ3v) is 3.29. The van der Waals surface area contributed by atoms with Gasteiger partial charge in [0.25, 0.3) is 0 Å². The largest absolute Gasteiger partial charge is 0.370 e. The third kappa shape index (κ3) is 3.68. The van der Waals surface area contributed by atoms with Gasteiger partial charge in [-0.15, -0.1) is 0 Å². The van der Waals surface area contributed by atoms with Crippen LogP contribution in [0.5, 0.6) is 0 Å². The molecule has 1 unspecified atom stereocenters. The lowest BCUT2D eigenvalue weighted by atomic mass is 9.95. The number of aromatic nitrogens is 3. The van der Waals surface area contributed by atoms with Crippen LogP contribution < -0.4 is 5.73 Å². The van der Waals surface area contributed by atoms with E-state index in [0.29, 0.717) is 16.6 Å². The molecule has 1 heterocycles. The molecule has 19 heavy (non-hydrogen) atoms. The van der Waals surface area contributed by atoms with Crippen molar-refractivity contribution in [3.05, 3.63) is 46.5 Å². The van der Waals surface area contributed by atoms with Gasteiger partial charge in [-0.3, -0.25) is 9.48 Å². The molecule has 5 nitrogen and oxygen atoms in total. The first-order valence-corrected chi connectivity index (χ1v) is 6.37. The summed E-state index contributed by atoms with van der Waals surface area (Å²) in [7, 11) is 0. The van der Waals surface area contributed by atoms with Gasteiger partial charge in [0.1, 0.15) is 12.7 Å². The smallest absolute Gasteiger partial charge is 0.218 e. The third-order valence-electron chi connectivity index (χ3n) is 2.72. The van der Waals surface area contributed by atoms with E-state index in [1.807, 2.05) is 0 Å². The topological polar surface area (TPSA) is 73.8 Å². The Morgan fingerprint density at radius 2 is 2.21 bits per heavy atom. The van der Waals surface area contributed by atoms with Gasteiger partial charge in [-0.25, -0.2) is 4.98 Å². The number of halogens is 2. The molecule has 100 valence electrons. The highest BCUT2D eigenvalue weighted by Gasteiger charge is 2.18. The Morgan fingerprint density at radius 3 is 2.79 bits per heavy atom. The maximum atomic E-state index is 11.2. The number of carbonyl (C=O) groups excluding carboxylic acids is 1. The van der Waals surface area contributed by atoms with Crippen LogP contribution >= 0.6 is 23.2 Å². The van der Waals surface area contributed by atoms with Crippen LogP contribution in [0.15, 0.2) is 30.9 Å². The number of carbonyl (C=O) groups is 1. The van der Waals surface area contributed by atoms with Crippen LogP contribution in [-0.2, 0) is 11.3 Å². The quantitative estimate of drug-likeness (QED) is 0.920. The summed E-state index contributed by atoms with van der Waals surface area (Å²) >= 11 is 12.0. The zero-order chi connectivity index (χ0) is 13.8. The fourth-order valence-corrected chi connectivity index (χ4v) is 2.46. The number of nitrogens with two attached hydrogens (primary N) is 1. The van der Waals surface area contributed by atoms with Crippen molar-refractivity contribution in [2.45, 2.75) is 18.9 Å². The summed E-state index contributed by atoms with van der Waals surface area (Å²) in [6, 6.07) is 5.18. The average molecular weight is 299 g/mol. The second-order valence-corrected chi connectivity index (χ2v) is 4.99. The summed E-state index contributed by atoms with van der Waals surface area (Å²) in [6.07, 6.45) is 3.20. The molecule has 2 N–H and O–H groups in total. The van der Waals surface area contributed by atoms with Crippen molar-refractivity contribution < 1.29 is 4.79 Å². The van der Waals surface area contributed by atoms with Crippen molar-refractivity contribution in [1.82, 2.24) is 14.8 Å². The van der Waals surface area contributed by atoms with E-state index >= 15 is 0 Å². The lowest BCUT2D eigenvalue weighted by molar-refractivity contribution is -0.118. The maximum Gasteiger partial charge on any atom is 0.218 e. The standard InChI is InChI=1S/C12H12Cl2N4O/c13-9-1-2-10(11(14)4-9)8(3-12(15)19)5-18-7-16-6-17-18/h1-2,4,6-8H,3,5H2,(H2,15,19). The molecule has 1 amide bonds. The first-order chi connectivity index (χ1) is 9.06. The highest BCUT2D eigenvalue weighted by atomic mass is 35.5. The fraction of sp³-hybridized carbons (Fsp3) is 0.250. The van der Waals surface area contributed by atoms with E-state index in [1.54, 1.807) is 29.2 Å². The Hall–Kier alpha value is -1.59. The Labute approximate surface area is 120 Å². The lowest BCUT2D eigenvalue weighted by Crippen LogP contribution is -2.19. The molecule has 7 heteroatoms. The minimum Gasteiger partial charge on any atom is -0.370 e. The van der Waals surface area contributed by atoms with Crippen LogP contribution in [0.1, 0.15) is 17.9 Å². The van der Waals surface area contributed by atoms with E-state index in [2.05, 4.69) is 10.1 Å². The van der Waals surface area contributed by atoms with Crippen LogP contribution in [0.25, 0.3) is 0 Å². The Balaban J connectivity index is 2.28. The van der Waals surface area contributed by atoms with Gasteiger partial charge < -0.3 is 5.73 Å². The molecule has 2 aromatic rings. The first-order valence-electron chi connectivity index (χ1n) is 5.62. The Morgan fingerprint density at radius 1 is 1.42 bits per heavy atom. The van der Waals surface area contributed by atoms with E-state index in [1.165, 1.54) is 6.33 Å². The summed E-state index contributed by atoms with van der Waals surface area (Å²) in [6.45, 7) is 0.476. The second kappa shape index (κ2) is 6.04. The van der Waals surface area contributed by atoms with Crippen LogP contribution in [0.3, 0.4) is 0 Å². The van der Waals surface area contributed by atoms with Gasteiger partial charge in [0, 0.05) is 22.4 Å². The maximum absolute atomic E-state index is 11.2. The van der Waals surface area contributed by atoms with E-state index in [9.17, 15) is 4.79 Å². The normalized spacial score (nSPS) is 12.3.